The van der Waals surface area contributed by atoms with Crippen LogP contribution in [0.2, 0.25) is 0 Å². The molecule has 0 saturated carbocycles. The van der Waals surface area contributed by atoms with E-state index in [-0.39, 0.29) is 24.5 Å². The highest BCUT2D eigenvalue weighted by molar-refractivity contribution is 7.07. The number of para-hydroxylation sites is 1. The highest BCUT2D eigenvalue weighted by Gasteiger charge is 2.37. The summed E-state index contributed by atoms with van der Waals surface area (Å²) in [5, 5.41) is 0. The van der Waals surface area contributed by atoms with Crippen molar-refractivity contribution < 1.29 is 28.5 Å². The third-order valence-corrected chi connectivity index (χ3v) is 8.03. The SMILES string of the molecule is CCCOc1c(OC)cccc1[C@@H]1C(C(=O)OCC)=C(c2ccccc2)N=c2s/c(=C/c3ccc4c(c3)OCO4)c(=O)n21. The molecule has 0 bridgehead atoms. The van der Waals surface area contributed by atoms with Crippen LogP contribution in [0.5, 0.6) is 23.0 Å². The van der Waals surface area contributed by atoms with Gasteiger partial charge in [0.1, 0.15) is 6.04 Å². The summed E-state index contributed by atoms with van der Waals surface area (Å²) in [5.41, 5.74) is 2.46. The zero-order valence-corrected chi connectivity index (χ0v) is 24.8. The van der Waals surface area contributed by atoms with E-state index in [2.05, 4.69) is 0 Å². The van der Waals surface area contributed by atoms with Gasteiger partial charge in [0.05, 0.1) is 36.1 Å². The van der Waals surface area contributed by atoms with Crippen molar-refractivity contribution in [1.82, 2.24) is 4.57 Å². The van der Waals surface area contributed by atoms with Gasteiger partial charge in [-0.3, -0.25) is 9.36 Å². The number of carbonyl (C=O) groups excluding carboxylic acids is 1. The number of methoxy groups -OCH3 is 1. The fourth-order valence-electron chi connectivity index (χ4n) is 5.16. The fraction of sp³-hybridized carbons (Fsp3) is 0.242. The van der Waals surface area contributed by atoms with Crippen LogP contribution in [0.25, 0.3) is 11.8 Å². The number of thiazole rings is 1. The number of benzene rings is 3. The topological polar surface area (TPSA) is 97.6 Å². The van der Waals surface area contributed by atoms with Crippen molar-refractivity contribution in [1.29, 1.82) is 0 Å². The Kier molecular flexibility index (Phi) is 8.02. The Morgan fingerprint density at radius 1 is 1.07 bits per heavy atom. The van der Waals surface area contributed by atoms with Crippen molar-refractivity contribution in [2.24, 2.45) is 4.99 Å². The highest BCUT2D eigenvalue weighted by atomic mass is 32.1. The van der Waals surface area contributed by atoms with Crippen molar-refractivity contribution in [3.8, 4) is 23.0 Å². The Morgan fingerprint density at radius 2 is 1.88 bits per heavy atom. The van der Waals surface area contributed by atoms with Gasteiger partial charge in [0.2, 0.25) is 6.79 Å². The van der Waals surface area contributed by atoms with Crippen LogP contribution in [0.4, 0.5) is 0 Å². The molecule has 1 atom stereocenters. The van der Waals surface area contributed by atoms with Crippen molar-refractivity contribution in [2.45, 2.75) is 26.3 Å². The minimum absolute atomic E-state index is 0.156. The first-order valence-corrected chi connectivity index (χ1v) is 14.8. The summed E-state index contributed by atoms with van der Waals surface area (Å²) < 4.78 is 30.4. The molecule has 0 N–H and O–H groups in total. The van der Waals surface area contributed by atoms with Crippen LogP contribution in [-0.2, 0) is 9.53 Å². The number of rotatable bonds is 9. The van der Waals surface area contributed by atoms with E-state index in [0.717, 1.165) is 17.5 Å². The second-order valence-electron chi connectivity index (χ2n) is 9.77. The van der Waals surface area contributed by atoms with E-state index >= 15 is 0 Å². The van der Waals surface area contributed by atoms with Crippen LogP contribution in [0, 0.1) is 0 Å². The summed E-state index contributed by atoms with van der Waals surface area (Å²) in [6.45, 7) is 4.48. The van der Waals surface area contributed by atoms with E-state index < -0.39 is 12.0 Å². The molecule has 0 unspecified atom stereocenters. The molecule has 0 amide bonds. The molecular formula is C33H30N2O7S. The first-order valence-electron chi connectivity index (χ1n) is 14.0. The lowest BCUT2D eigenvalue weighted by molar-refractivity contribution is -0.138. The summed E-state index contributed by atoms with van der Waals surface area (Å²) in [5.74, 6) is 1.66. The van der Waals surface area contributed by atoms with Crippen molar-refractivity contribution >= 4 is 29.1 Å². The standard InChI is InChI=1S/C33H30N2O7S/c1-4-16-40-30-22(12-9-13-24(30)38-3)29-27(32(37)39-5-2)28(21-10-7-6-8-11-21)34-33-35(29)31(36)26(43-33)18-20-14-15-23-25(17-20)42-19-41-23/h6-15,17-18,29H,4-5,16,19H2,1-3H3/b26-18+/t29-/m1/s1. The van der Waals surface area contributed by atoms with Crippen molar-refractivity contribution in [3.63, 3.8) is 0 Å². The summed E-state index contributed by atoms with van der Waals surface area (Å²) in [7, 11) is 1.56. The fourth-order valence-corrected chi connectivity index (χ4v) is 6.16. The van der Waals surface area contributed by atoms with E-state index in [0.29, 0.717) is 50.2 Å². The number of nitrogens with zero attached hydrogens (tertiary/aromatic N) is 2. The smallest absolute Gasteiger partial charge is 0.338 e. The first kappa shape index (κ1) is 28.3. The largest absolute Gasteiger partial charge is 0.493 e. The number of fused-ring (bicyclic) bond motifs is 2. The molecule has 220 valence electrons. The Bertz CT molecular complexity index is 1890. The summed E-state index contributed by atoms with van der Waals surface area (Å²) in [6.07, 6.45) is 2.55. The molecule has 6 rings (SSSR count). The first-order chi connectivity index (χ1) is 21.0. The molecule has 2 aliphatic heterocycles. The van der Waals surface area contributed by atoms with Gasteiger partial charge in [-0.25, -0.2) is 9.79 Å². The molecule has 3 heterocycles. The summed E-state index contributed by atoms with van der Waals surface area (Å²) in [6, 6.07) is 19.5. The molecule has 0 aliphatic carbocycles. The highest BCUT2D eigenvalue weighted by Crippen LogP contribution is 2.42. The van der Waals surface area contributed by atoms with Crippen LogP contribution in [-0.4, -0.2) is 37.7 Å². The van der Waals surface area contributed by atoms with E-state index in [4.69, 9.17) is 28.7 Å². The number of carbonyl (C=O) groups is 1. The zero-order valence-electron chi connectivity index (χ0n) is 24.0. The maximum absolute atomic E-state index is 14.3. The zero-order chi connectivity index (χ0) is 29.9. The average molecular weight is 599 g/mol. The van der Waals surface area contributed by atoms with Gasteiger partial charge in [-0.1, -0.05) is 66.8 Å². The van der Waals surface area contributed by atoms with Gasteiger partial charge in [0.15, 0.2) is 27.8 Å². The molecule has 0 radical (unpaired) electrons. The minimum Gasteiger partial charge on any atom is -0.493 e. The van der Waals surface area contributed by atoms with E-state index in [1.807, 2.05) is 67.6 Å². The molecular weight excluding hydrogens is 568 g/mol. The Morgan fingerprint density at radius 3 is 2.65 bits per heavy atom. The molecule has 0 spiro atoms. The number of esters is 1. The Hall–Kier alpha value is -4.83. The maximum Gasteiger partial charge on any atom is 0.338 e. The molecule has 3 aromatic carbocycles. The van der Waals surface area contributed by atoms with Crippen LogP contribution < -0.4 is 33.8 Å². The number of ether oxygens (including phenoxy) is 5. The molecule has 4 aromatic rings. The maximum atomic E-state index is 14.3. The van der Waals surface area contributed by atoms with Crippen molar-refractivity contribution in [3.05, 3.63) is 109 Å². The lowest BCUT2D eigenvalue weighted by Crippen LogP contribution is -2.40. The van der Waals surface area contributed by atoms with Gasteiger partial charge in [0, 0.05) is 11.1 Å². The molecule has 2 aliphatic rings. The van der Waals surface area contributed by atoms with Gasteiger partial charge in [-0.2, -0.15) is 0 Å². The summed E-state index contributed by atoms with van der Waals surface area (Å²) in [4.78, 5) is 33.4. The van der Waals surface area contributed by atoms with Crippen LogP contribution in [0.15, 0.2) is 82.1 Å². The number of hydrogen-bond donors (Lipinski definition) is 0. The lowest BCUT2D eigenvalue weighted by atomic mass is 9.92. The van der Waals surface area contributed by atoms with Gasteiger partial charge in [0.25, 0.3) is 5.56 Å². The molecule has 1 aromatic heterocycles. The molecule has 43 heavy (non-hydrogen) atoms. The number of hydrogen-bond acceptors (Lipinski definition) is 9. The quantitative estimate of drug-likeness (QED) is 0.263. The van der Waals surface area contributed by atoms with Crippen LogP contribution in [0.1, 0.15) is 43.0 Å². The van der Waals surface area contributed by atoms with Crippen molar-refractivity contribution in [2.75, 3.05) is 27.1 Å². The second-order valence-corrected chi connectivity index (χ2v) is 10.8. The van der Waals surface area contributed by atoms with Gasteiger partial charge < -0.3 is 23.7 Å². The molecule has 0 fully saturated rings. The Labute approximate surface area is 251 Å². The minimum atomic E-state index is -0.897. The predicted octanol–water partition coefficient (Wildman–Crippen LogP) is 4.46. The second kappa shape index (κ2) is 12.2. The van der Waals surface area contributed by atoms with Gasteiger partial charge >= 0.3 is 5.97 Å². The third-order valence-electron chi connectivity index (χ3n) is 7.04. The third kappa shape index (κ3) is 5.30. The number of aromatic nitrogens is 1. The van der Waals surface area contributed by atoms with E-state index in [1.165, 1.54) is 11.3 Å². The molecule has 10 heteroatoms. The average Bonchev–Trinajstić information content (AvgIpc) is 3.63. The van der Waals surface area contributed by atoms with Gasteiger partial charge in [-0.15, -0.1) is 0 Å². The molecule has 0 saturated heterocycles. The predicted molar refractivity (Wildman–Crippen MR) is 162 cm³/mol. The monoisotopic (exact) mass is 598 g/mol. The molecule has 9 nitrogen and oxygen atoms in total. The van der Waals surface area contributed by atoms with E-state index in [9.17, 15) is 9.59 Å². The lowest BCUT2D eigenvalue weighted by Gasteiger charge is -2.27. The normalized spacial score (nSPS) is 15.6. The summed E-state index contributed by atoms with van der Waals surface area (Å²) >= 11 is 1.25. The van der Waals surface area contributed by atoms with Gasteiger partial charge in [-0.05, 0) is 43.2 Å². The van der Waals surface area contributed by atoms with E-state index in [1.54, 1.807) is 30.7 Å². The Balaban J connectivity index is 1.65. The van der Waals surface area contributed by atoms with Crippen LogP contribution in [0.3, 0.4) is 0 Å². The van der Waals surface area contributed by atoms with Crippen LogP contribution >= 0.6 is 11.3 Å².